The molecule has 0 heterocycles. The van der Waals surface area contributed by atoms with E-state index >= 15 is 0 Å². The fraction of sp³-hybridized carbons (Fsp3) is 0.556. The molecule has 1 aromatic rings. The van der Waals surface area contributed by atoms with E-state index in [1.807, 2.05) is 0 Å². The van der Waals surface area contributed by atoms with Crippen molar-refractivity contribution in [1.82, 2.24) is 0 Å². The van der Waals surface area contributed by atoms with Gasteiger partial charge >= 0.3 is 0 Å². The Morgan fingerprint density at radius 1 is 1.06 bits per heavy atom. The van der Waals surface area contributed by atoms with Crippen LogP contribution in [0.4, 0.5) is 0 Å². The second-order valence-corrected chi connectivity index (χ2v) is 5.70. The van der Waals surface area contributed by atoms with Gasteiger partial charge in [-0.15, -0.1) is 0 Å². The summed E-state index contributed by atoms with van der Waals surface area (Å²) in [6.07, 6.45) is 9.65. The van der Waals surface area contributed by atoms with Crippen molar-refractivity contribution in [2.24, 2.45) is 5.92 Å². The van der Waals surface area contributed by atoms with E-state index in [4.69, 9.17) is 0 Å². The van der Waals surface area contributed by atoms with Crippen molar-refractivity contribution in [3.63, 3.8) is 0 Å². The van der Waals surface area contributed by atoms with E-state index < -0.39 is 0 Å². The first kappa shape index (κ1) is 15.0. The number of unbranched alkanes of at least 4 members (excludes halogenated alkanes) is 2. The van der Waals surface area contributed by atoms with Crippen molar-refractivity contribution in [2.75, 3.05) is 0 Å². The molecule has 0 aliphatic carbocycles. The molecular formula is C18H28. The lowest BCUT2D eigenvalue weighted by molar-refractivity contribution is 0.647. The maximum absolute atomic E-state index is 2.34. The molecule has 0 radical (unpaired) electrons. The highest BCUT2D eigenvalue weighted by Gasteiger charge is 2.02. The smallest absolute Gasteiger partial charge is 0.00104 e. The molecule has 0 fully saturated rings. The highest BCUT2D eigenvalue weighted by Crippen LogP contribution is 2.19. The first-order valence-corrected chi connectivity index (χ1v) is 7.39. The van der Waals surface area contributed by atoms with Crippen molar-refractivity contribution in [3.8, 4) is 0 Å². The molecule has 0 unspecified atom stereocenters. The van der Waals surface area contributed by atoms with Crippen LogP contribution in [0.25, 0.3) is 0 Å². The number of allylic oxidation sites excluding steroid dienone is 2. The minimum Gasteiger partial charge on any atom is -0.0879 e. The number of rotatable bonds is 7. The van der Waals surface area contributed by atoms with Gasteiger partial charge in [0.15, 0.2) is 0 Å². The Hall–Kier alpha value is -1.04. The molecule has 0 saturated heterocycles. The van der Waals surface area contributed by atoms with Crippen LogP contribution in [0.2, 0.25) is 0 Å². The second kappa shape index (κ2) is 8.13. The van der Waals surface area contributed by atoms with Gasteiger partial charge < -0.3 is 0 Å². The lowest BCUT2D eigenvalue weighted by Crippen LogP contribution is -1.95. The van der Waals surface area contributed by atoms with Crippen molar-refractivity contribution in [3.05, 3.63) is 47.5 Å². The van der Waals surface area contributed by atoms with Crippen LogP contribution in [0, 0.1) is 5.92 Å². The molecule has 0 nitrogen and oxygen atoms in total. The minimum atomic E-state index is 0.537. The summed E-state index contributed by atoms with van der Waals surface area (Å²) < 4.78 is 0. The Morgan fingerprint density at radius 2 is 1.72 bits per heavy atom. The van der Waals surface area contributed by atoms with Crippen LogP contribution in [-0.4, -0.2) is 0 Å². The number of hydrogen-bond acceptors (Lipinski definition) is 0. The van der Waals surface area contributed by atoms with Gasteiger partial charge in [0, 0.05) is 0 Å². The van der Waals surface area contributed by atoms with E-state index in [1.54, 1.807) is 0 Å². The van der Waals surface area contributed by atoms with Gasteiger partial charge in [-0.1, -0.05) is 77.0 Å². The van der Waals surface area contributed by atoms with Crippen LogP contribution < -0.4 is 0 Å². The van der Waals surface area contributed by atoms with E-state index in [-0.39, 0.29) is 0 Å². The highest BCUT2D eigenvalue weighted by molar-refractivity contribution is 5.27. The quantitative estimate of drug-likeness (QED) is 0.424. The maximum Gasteiger partial charge on any atom is -0.00104 e. The molecule has 18 heavy (non-hydrogen) atoms. The molecule has 0 aliphatic heterocycles. The van der Waals surface area contributed by atoms with Crippen molar-refractivity contribution in [2.45, 2.75) is 59.3 Å². The van der Waals surface area contributed by atoms with E-state index in [2.05, 4.69) is 64.1 Å². The Balaban J connectivity index is 2.53. The van der Waals surface area contributed by atoms with Gasteiger partial charge in [-0.3, -0.25) is 0 Å². The van der Waals surface area contributed by atoms with E-state index in [0.29, 0.717) is 5.92 Å². The Bertz CT molecular complexity index is 343. The number of benzene rings is 1. The molecule has 0 spiro atoms. The fourth-order valence-corrected chi connectivity index (χ4v) is 2.16. The highest BCUT2D eigenvalue weighted by atomic mass is 14.1. The molecule has 1 atom stereocenters. The van der Waals surface area contributed by atoms with Gasteiger partial charge in [0.25, 0.3) is 0 Å². The molecule has 0 aromatic heterocycles. The predicted molar refractivity (Wildman–Crippen MR) is 82.1 cm³/mol. The first-order valence-electron chi connectivity index (χ1n) is 7.39. The summed E-state index contributed by atoms with van der Waals surface area (Å²) in [4.78, 5) is 0. The summed E-state index contributed by atoms with van der Waals surface area (Å²) in [6.45, 7) is 9.06. The van der Waals surface area contributed by atoms with Crippen molar-refractivity contribution < 1.29 is 0 Å². The zero-order valence-electron chi connectivity index (χ0n) is 12.4. The van der Waals surface area contributed by atoms with Gasteiger partial charge in [0.05, 0.1) is 0 Å². The van der Waals surface area contributed by atoms with Crippen LogP contribution in [0.3, 0.4) is 0 Å². The summed E-state index contributed by atoms with van der Waals surface area (Å²) in [6, 6.07) is 9.14. The van der Waals surface area contributed by atoms with Gasteiger partial charge in [-0.2, -0.15) is 0 Å². The summed E-state index contributed by atoms with van der Waals surface area (Å²) >= 11 is 0. The Kier molecular flexibility index (Phi) is 6.78. The van der Waals surface area contributed by atoms with Gasteiger partial charge in [-0.05, 0) is 35.8 Å². The van der Waals surface area contributed by atoms with Gasteiger partial charge in [0.1, 0.15) is 0 Å². The largest absolute Gasteiger partial charge is 0.0879 e. The summed E-state index contributed by atoms with van der Waals surface area (Å²) in [5.41, 5.74) is 2.88. The van der Waals surface area contributed by atoms with Crippen LogP contribution in [0.15, 0.2) is 36.4 Å². The normalized spacial score (nSPS) is 13.4. The average Bonchev–Trinajstić information content (AvgIpc) is 2.34. The predicted octanol–water partition coefficient (Wildman–Crippen LogP) is 5.74. The van der Waals surface area contributed by atoms with E-state index in [1.165, 1.54) is 36.8 Å². The third-order valence-corrected chi connectivity index (χ3v) is 3.30. The SMILES string of the molecule is CCCC/C=C/[C@@H](C)c1ccc(CC(C)C)cc1. The maximum atomic E-state index is 2.34. The van der Waals surface area contributed by atoms with Crippen LogP contribution in [-0.2, 0) is 6.42 Å². The minimum absolute atomic E-state index is 0.537. The molecule has 0 saturated carbocycles. The average molecular weight is 244 g/mol. The molecule has 1 aromatic carbocycles. The molecule has 1 rings (SSSR count). The van der Waals surface area contributed by atoms with Crippen molar-refractivity contribution in [1.29, 1.82) is 0 Å². The molecule has 100 valence electrons. The zero-order valence-corrected chi connectivity index (χ0v) is 12.4. The first-order chi connectivity index (χ1) is 8.63. The lowest BCUT2D eigenvalue weighted by atomic mass is 9.96. The molecular weight excluding hydrogens is 216 g/mol. The summed E-state index contributed by atoms with van der Waals surface area (Å²) in [5, 5.41) is 0. The topological polar surface area (TPSA) is 0 Å². The van der Waals surface area contributed by atoms with Crippen LogP contribution >= 0.6 is 0 Å². The monoisotopic (exact) mass is 244 g/mol. The Morgan fingerprint density at radius 3 is 2.28 bits per heavy atom. The second-order valence-electron chi connectivity index (χ2n) is 5.70. The summed E-state index contributed by atoms with van der Waals surface area (Å²) in [7, 11) is 0. The third kappa shape index (κ3) is 5.53. The molecule has 0 amide bonds. The van der Waals surface area contributed by atoms with Gasteiger partial charge in [-0.25, -0.2) is 0 Å². The van der Waals surface area contributed by atoms with Crippen LogP contribution in [0.1, 0.15) is 64.0 Å². The van der Waals surface area contributed by atoms with Crippen molar-refractivity contribution >= 4 is 0 Å². The third-order valence-electron chi connectivity index (χ3n) is 3.30. The zero-order chi connectivity index (χ0) is 13.4. The Labute approximate surface area is 113 Å². The molecule has 0 N–H and O–H groups in total. The summed E-state index contributed by atoms with van der Waals surface area (Å²) in [5.74, 6) is 1.28. The standard InChI is InChI=1S/C18H28/c1-5-6-7-8-9-16(4)18-12-10-17(11-13-18)14-15(2)3/h8-13,15-16H,5-7,14H2,1-4H3/b9-8+/t16-/m1/s1. The van der Waals surface area contributed by atoms with Crippen LogP contribution in [0.5, 0.6) is 0 Å². The van der Waals surface area contributed by atoms with Gasteiger partial charge in [0.2, 0.25) is 0 Å². The lowest BCUT2D eigenvalue weighted by Gasteiger charge is -2.09. The fourth-order valence-electron chi connectivity index (χ4n) is 2.16. The molecule has 0 heteroatoms. The molecule has 0 aliphatic rings. The van der Waals surface area contributed by atoms with E-state index in [9.17, 15) is 0 Å². The molecule has 0 bridgehead atoms. The van der Waals surface area contributed by atoms with E-state index in [0.717, 1.165) is 5.92 Å². The number of hydrogen-bond donors (Lipinski definition) is 0.